The minimum atomic E-state index is -0.639. The molecule has 3 heterocycles. The van der Waals surface area contributed by atoms with Crippen LogP contribution >= 0.6 is 0 Å². The lowest BCUT2D eigenvalue weighted by molar-refractivity contribution is -0.123. The Hall–Kier alpha value is -2.63. The van der Waals surface area contributed by atoms with Gasteiger partial charge in [-0.15, -0.1) is 0 Å². The summed E-state index contributed by atoms with van der Waals surface area (Å²) in [5.74, 6) is 5.80. The fraction of sp³-hybridized carbons (Fsp3) is 0.571. The first kappa shape index (κ1) is 21.1. The monoisotopic (exact) mass is 400 g/mol. The van der Waals surface area contributed by atoms with E-state index in [4.69, 9.17) is 4.74 Å². The molecule has 29 heavy (non-hydrogen) atoms. The minimum Gasteiger partial charge on any atom is -0.390 e. The Bertz CT molecular complexity index is 1040. The third kappa shape index (κ3) is 4.21. The summed E-state index contributed by atoms with van der Waals surface area (Å²) in [6.07, 6.45) is 2.13. The molecular weight excluding hydrogens is 372 g/mol. The van der Waals surface area contributed by atoms with Crippen LogP contribution in [0, 0.1) is 17.3 Å². The maximum absolute atomic E-state index is 12.8. The molecule has 8 nitrogen and oxygen atoms in total. The van der Waals surface area contributed by atoms with Crippen LogP contribution in [0.25, 0.3) is 11.0 Å². The van der Waals surface area contributed by atoms with Crippen molar-refractivity contribution in [3.05, 3.63) is 22.1 Å². The van der Waals surface area contributed by atoms with Gasteiger partial charge in [-0.3, -0.25) is 19.9 Å². The van der Waals surface area contributed by atoms with E-state index in [1.807, 2.05) is 13.8 Å². The molecule has 0 bridgehead atoms. The molecule has 2 aromatic rings. The van der Waals surface area contributed by atoms with E-state index < -0.39 is 17.7 Å². The highest BCUT2D eigenvalue weighted by Gasteiger charge is 2.35. The van der Waals surface area contributed by atoms with Crippen molar-refractivity contribution >= 4 is 22.9 Å². The number of rotatable bonds is 3. The Morgan fingerprint density at radius 3 is 2.76 bits per heavy atom. The number of carbonyl (C=O) groups excluding carboxylic acids is 1. The van der Waals surface area contributed by atoms with Crippen LogP contribution in [0.4, 0.5) is 5.95 Å². The number of anilines is 1. The summed E-state index contributed by atoms with van der Waals surface area (Å²) in [4.78, 5) is 32.3. The molecule has 8 heteroatoms. The summed E-state index contributed by atoms with van der Waals surface area (Å²) < 4.78 is 7.71. The van der Waals surface area contributed by atoms with Crippen LogP contribution in [0.5, 0.6) is 0 Å². The third-order valence-electron chi connectivity index (χ3n) is 4.91. The fourth-order valence-electron chi connectivity index (χ4n) is 3.26. The predicted octanol–water partition coefficient (Wildman–Crippen LogP) is 2.53. The Morgan fingerprint density at radius 2 is 2.17 bits per heavy atom. The Morgan fingerprint density at radius 1 is 1.45 bits per heavy atom. The van der Waals surface area contributed by atoms with Crippen molar-refractivity contribution < 1.29 is 14.6 Å². The molecule has 0 saturated carbocycles. The normalized spacial score (nSPS) is 21.8. The molecule has 1 saturated heterocycles. The van der Waals surface area contributed by atoms with Crippen LogP contribution in [0.15, 0.2) is 11.0 Å². The molecule has 1 aliphatic rings. The fourth-order valence-corrected chi connectivity index (χ4v) is 3.26. The molecule has 0 spiro atoms. The molecule has 0 unspecified atom stereocenters. The summed E-state index contributed by atoms with van der Waals surface area (Å²) in [5.41, 5.74) is -0.112. The van der Waals surface area contributed by atoms with Crippen molar-refractivity contribution in [1.29, 1.82) is 0 Å². The van der Waals surface area contributed by atoms with E-state index in [0.717, 1.165) is 0 Å². The molecule has 0 aromatic carbocycles. The SMILES string of the molecule is CCC#Cc1cn([C@H]2C[C@@H](O)[C@@H](CC)O2)c2nc(NC(=O)C(C)(C)C)[nH]c(=O)c12. The van der Waals surface area contributed by atoms with E-state index in [1.165, 1.54) is 0 Å². The minimum absolute atomic E-state index is 0.0716. The van der Waals surface area contributed by atoms with Gasteiger partial charge >= 0.3 is 0 Å². The van der Waals surface area contributed by atoms with Crippen molar-refractivity contribution in [2.45, 2.75) is 72.3 Å². The number of nitrogens with one attached hydrogen (secondary N) is 2. The first-order valence-corrected chi connectivity index (χ1v) is 9.94. The Kier molecular flexibility index (Phi) is 5.82. The molecule has 1 fully saturated rings. The molecule has 3 rings (SSSR count). The van der Waals surface area contributed by atoms with Gasteiger partial charge in [0.1, 0.15) is 6.23 Å². The lowest BCUT2D eigenvalue weighted by Gasteiger charge is -2.17. The molecule has 3 N–H and O–H groups in total. The second-order valence-electron chi connectivity index (χ2n) is 8.26. The Labute approximate surface area is 169 Å². The van der Waals surface area contributed by atoms with Crippen molar-refractivity contribution in [2.24, 2.45) is 5.41 Å². The number of hydrogen-bond donors (Lipinski definition) is 3. The zero-order chi connectivity index (χ0) is 21.3. The summed E-state index contributed by atoms with van der Waals surface area (Å²) >= 11 is 0. The third-order valence-corrected chi connectivity index (χ3v) is 4.91. The van der Waals surface area contributed by atoms with Crippen LogP contribution in [-0.2, 0) is 9.53 Å². The lowest BCUT2D eigenvalue weighted by atomic mass is 9.96. The first-order valence-electron chi connectivity index (χ1n) is 9.94. The van der Waals surface area contributed by atoms with Crippen LogP contribution in [0.3, 0.4) is 0 Å². The summed E-state index contributed by atoms with van der Waals surface area (Å²) in [7, 11) is 0. The number of hydrogen-bond acceptors (Lipinski definition) is 5. The van der Waals surface area contributed by atoms with E-state index >= 15 is 0 Å². The maximum Gasteiger partial charge on any atom is 0.263 e. The number of fused-ring (bicyclic) bond motifs is 1. The molecule has 2 aromatic heterocycles. The quantitative estimate of drug-likeness (QED) is 0.686. The highest BCUT2D eigenvalue weighted by atomic mass is 16.5. The van der Waals surface area contributed by atoms with Crippen LogP contribution in [0.2, 0.25) is 0 Å². The number of aromatic nitrogens is 3. The number of aliphatic hydroxyl groups is 1. The summed E-state index contributed by atoms with van der Waals surface area (Å²) in [5, 5.41) is 13.3. The highest BCUT2D eigenvalue weighted by molar-refractivity contribution is 5.94. The van der Waals surface area contributed by atoms with E-state index in [2.05, 4.69) is 27.1 Å². The molecule has 156 valence electrons. The second kappa shape index (κ2) is 8.01. The number of H-pyrrole nitrogens is 1. The standard InChI is InChI=1S/C21H28N4O4/c1-6-8-9-12-11-25(15-10-13(26)14(7-2)29-15)17-16(12)18(27)23-20(22-17)24-19(28)21(3,4)5/h11,13-15,26H,6-7,10H2,1-5H3,(H2,22,23,24,27,28)/t13-,14-,15-/m1/s1. The zero-order valence-electron chi connectivity index (χ0n) is 17.5. The predicted molar refractivity (Wildman–Crippen MR) is 110 cm³/mol. The number of carbonyl (C=O) groups is 1. The second-order valence-corrected chi connectivity index (χ2v) is 8.26. The number of amides is 1. The van der Waals surface area contributed by atoms with E-state index in [9.17, 15) is 14.7 Å². The average molecular weight is 400 g/mol. The molecule has 1 aliphatic heterocycles. The molecule has 3 atom stereocenters. The maximum atomic E-state index is 12.8. The molecule has 0 radical (unpaired) electrons. The van der Waals surface area contributed by atoms with Gasteiger partial charge in [-0.25, -0.2) is 0 Å². The van der Waals surface area contributed by atoms with Gasteiger partial charge in [0.2, 0.25) is 11.9 Å². The summed E-state index contributed by atoms with van der Waals surface area (Å²) in [6, 6.07) is 0. The van der Waals surface area contributed by atoms with Crippen LogP contribution in [0.1, 0.15) is 65.7 Å². The van der Waals surface area contributed by atoms with E-state index in [1.54, 1.807) is 31.5 Å². The van der Waals surface area contributed by atoms with Gasteiger partial charge in [-0.05, 0) is 6.42 Å². The first-order chi connectivity index (χ1) is 13.7. The smallest absolute Gasteiger partial charge is 0.263 e. The van der Waals surface area contributed by atoms with Gasteiger partial charge in [-0.2, -0.15) is 4.98 Å². The Balaban J connectivity index is 2.12. The van der Waals surface area contributed by atoms with Crippen LogP contribution in [-0.4, -0.2) is 37.8 Å². The van der Waals surface area contributed by atoms with E-state index in [-0.39, 0.29) is 23.5 Å². The number of aromatic amines is 1. The molecular formula is C21H28N4O4. The lowest BCUT2D eigenvalue weighted by Crippen LogP contribution is -2.29. The van der Waals surface area contributed by atoms with Gasteiger partial charge in [-0.1, -0.05) is 46.5 Å². The molecule has 0 aliphatic carbocycles. The number of nitrogens with zero attached hydrogens (tertiary/aromatic N) is 2. The van der Waals surface area contributed by atoms with Crippen LogP contribution < -0.4 is 10.9 Å². The van der Waals surface area contributed by atoms with Gasteiger partial charge in [0.05, 0.1) is 23.2 Å². The van der Waals surface area contributed by atoms with Crippen molar-refractivity contribution in [2.75, 3.05) is 5.32 Å². The molecule has 1 amide bonds. The van der Waals surface area contributed by atoms with Gasteiger partial charge in [0.15, 0.2) is 5.65 Å². The van der Waals surface area contributed by atoms with E-state index in [0.29, 0.717) is 35.9 Å². The van der Waals surface area contributed by atoms with Crippen molar-refractivity contribution in [1.82, 2.24) is 14.5 Å². The van der Waals surface area contributed by atoms with Gasteiger partial charge in [0, 0.05) is 24.5 Å². The van der Waals surface area contributed by atoms with Gasteiger partial charge in [0.25, 0.3) is 5.56 Å². The topological polar surface area (TPSA) is 109 Å². The summed E-state index contributed by atoms with van der Waals surface area (Å²) in [6.45, 7) is 9.21. The highest BCUT2D eigenvalue weighted by Crippen LogP contribution is 2.33. The van der Waals surface area contributed by atoms with Crippen molar-refractivity contribution in [3.8, 4) is 11.8 Å². The van der Waals surface area contributed by atoms with Crippen molar-refractivity contribution in [3.63, 3.8) is 0 Å². The number of ether oxygens (including phenoxy) is 1. The van der Waals surface area contributed by atoms with Gasteiger partial charge < -0.3 is 14.4 Å². The largest absolute Gasteiger partial charge is 0.390 e. The zero-order valence-corrected chi connectivity index (χ0v) is 17.5. The number of aliphatic hydroxyl groups excluding tert-OH is 1. The average Bonchev–Trinajstić information content (AvgIpc) is 3.19.